The van der Waals surface area contributed by atoms with E-state index in [0.717, 1.165) is 16.4 Å². The minimum absolute atomic E-state index is 0. The Balaban J connectivity index is 0.000000241. The van der Waals surface area contributed by atoms with E-state index in [1.165, 1.54) is 38.7 Å². The maximum Gasteiger partial charge on any atom is 2.00 e. The molecule has 0 N–H and O–H groups in total. The van der Waals surface area contributed by atoms with Crippen molar-refractivity contribution in [1.29, 1.82) is 0 Å². The molecule has 0 bridgehead atoms. The van der Waals surface area contributed by atoms with Gasteiger partial charge in [-0.2, -0.15) is 0 Å². The van der Waals surface area contributed by atoms with Crippen LogP contribution >= 0.6 is 32.8 Å². The molecule has 0 saturated carbocycles. The smallest absolute Gasteiger partial charge is 1.00 e. The van der Waals surface area contributed by atoms with Crippen LogP contribution in [0.15, 0.2) is 121 Å². The van der Waals surface area contributed by atoms with E-state index in [9.17, 15) is 0 Å². The summed E-state index contributed by atoms with van der Waals surface area (Å²) in [5.41, 5.74) is 11.7. The summed E-state index contributed by atoms with van der Waals surface area (Å²) in [7, 11) is 4.61. The molecule has 0 fully saturated rings. The van der Waals surface area contributed by atoms with E-state index in [1.807, 2.05) is 0 Å². The molecule has 0 radical (unpaired) electrons. The summed E-state index contributed by atoms with van der Waals surface area (Å²) in [5.74, 6) is 0. The van der Waals surface area contributed by atoms with Crippen LogP contribution in [0.4, 0.5) is 0 Å². The van der Waals surface area contributed by atoms with Crippen LogP contribution in [0.3, 0.4) is 0 Å². The van der Waals surface area contributed by atoms with Crippen LogP contribution < -0.4 is 24.8 Å². The minimum Gasteiger partial charge on any atom is -1.00 e. The summed E-state index contributed by atoms with van der Waals surface area (Å²) in [6.07, 6.45) is 0. The molecule has 4 aromatic carbocycles. The Morgan fingerprint density at radius 3 is 1.05 bits per heavy atom. The molecule has 0 amide bonds. The number of hydrogen-bond acceptors (Lipinski definition) is 0. The summed E-state index contributed by atoms with van der Waals surface area (Å²) >= 11 is 0. The quantitative estimate of drug-likeness (QED) is 0.293. The van der Waals surface area contributed by atoms with Gasteiger partial charge in [0.1, 0.15) is 11.1 Å². The summed E-state index contributed by atoms with van der Waals surface area (Å²) in [5, 5.41) is 3.10. The van der Waals surface area contributed by atoms with Crippen LogP contribution in [0.25, 0.3) is 0 Å². The standard InChI is InChI=1S/2C15H12P2.2ClH.Zr/c2*1-3-7-12(8-4-1)14-15(17-11-16-14)13-9-5-2-6-10-13;;;/h2*1-11,14H;2*1H;/q;;;;+2. The molecule has 4 unspecified atom stereocenters. The van der Waals surface area contributed by atoms with Crippen LogP contribution in [0.2, 0.25) is 0 Å². The normalized spacial score (nSPS) is 18.4. The van der Waals surface area contributed by atoms with Crippen molar-refractivity contribution < 1.29 is 51.0 Å². The van der Waals surface area contributed by atoms with E-state index in [0.29, 0.717) is 11.3 Å². The van der Waals surface area contributed by atoms with Gasteiger partial charge in [-0.15, -0.1) is 0 Å². The van der Waals surface area contributed by atoms with Crippen molar-refractivity contribution in [3.05, 3.63) is 144 Å². The first-order chi connectivity index (χ1) is 16.9. The molecule has 0 aromatic heterocycles. The van der Waals surface area contributed by atoms with Gasteiger partial charge in [-0.25, -0.2) is 0 Å². The third kappa shape index (κ3) is 8.50. The molecular formula is C30H26Cl2P4Zr+2. The molecule has 2 aliphatic heterocycles. The second-order valence-electron chi connectivity index (χ2n) is 8.04. The SMILES string of the molecule is C1=[PH+]C(c2ccccc2)C(c2ccccc2)=P1.C1=[PH+]C(c2ccccc2)C(c2ccccc2)=P1.[Cl-].[Cl-].[Zr+2]. The first-order valence-corrected chi connectivity index (χ1v) is 15.7. The van der Waals surface area contributed by atoms with Crippen LogP contribution in [-0.4, -0.2) is 21.7 Å². The molecular weight excluding hydrogens is 646 g/mol. The van der Waals surface area contributed by atoms with Crippen molar-refractivity contribution in [2.24, 2.45) is 0 Å². The Hall–Kier alpha value is -0.977. The van der Waals surface area contributed by atoms with Crippen molar-refractivity contribution in [1.82, 2.24) is 0 Å². The van der Waals surface area contributed by atoms with E-state index < -0.39 is 0 Å². The zero-order chi connectivity index (χ0) is 23.0. The van der Waals surface area contributed by atoms with Crippen LogP contribution in [0.5, 0.6) is 0 Å². The monoisotopic (exact) mass is 670 g/mol. The Kier molecular flexibility index (Phi) is 14.7. The van der Waals surface area contributed by atoms with Crippen molar-refractivity contribution in [2.45, 2.75) is 11.3 Å². The van der Waals surface area contributed by atoms with Crippen LogP contribution in [0.1, 0.15) is 33.6 Å². The molecule has 0 saturated heterocycles. The number of benzene rings is 4. The van der Waals surface area contributed by atoms with E-state index in [-0.39, 0.29) is 51.0 Å². The number of hydrogen-bond donors (Lipinski definition) is 0. The van der Waals surface area contributed by atoms with Crippen molar-refractivity contribution >= 4 is 54.5 Å². The molecule has 37 heavy (non-hydrogen) atoms. The summed E-state index contributed by atoms with van der Waals surface area (Å²) in [6.45, 7) is 0. The van der Waals surface area contributed by atoms with Gasteiger partial charge in [0.15, 0.2) is 11.3 Å². The average Bonchev–Trinajstić information content (AvgIpc) is 3.62. The molecule has 182 valence electrons. The topological polar surface area (TPSA) is 0 Å². The first kappa shape index (κ1) is 32.2. The van der Waals surface area contributed by atoms with Gasteiger partial charge in [0.2, 0.25) is 0 Å². The molecule has 2 heterocycles. The van der Waals surface area contributed by atoms with Gasteiger partial charge in [0.05, 0.1) is 16.4 Å². The van der Waals surface area contributed by atoms with Gasteiger partial charge in [-0.1, -0.05) is 121 Å². The third-order valence-electron chi connectivity index (χ3n) is 5.84. The molecule has 4 atom stereocenters. The zero-order valence-corrected chi connectivity index (χ0v) is 27.8. The molecule has 7 heteroatoms. The Morgan fingerprint density at radius 2 is 0.730 bits per heavy atom. The second kappa shape index (κ2) is 16.9. The van der Waals surface area contributed by atoms with Gasteiger partial charge in [-0.3, -0.25) is 0 Å². The Morgan fingerprint density at radius 1 is 0.432 bits per heavy atom. The fourth-order valence-corrected chi connectivity index (χ4v) is 10.6. The summed E-state index contributed by atoms with van der Waals surface area (Å²) < 4.78 is 0. The van der Waals surface area contributed by atoms with Crippen molar-refractivity contribution in [2.75, 3.05) is 0 Å². The fourth-order valence-electron chi connectivity index (χ4n) is 4.17. The number of halogens is 2. The predicted molar refractivity (Wildman–Crippen MR) is 162 cm³/mol. The average molecular weight is 673 g/mol. The Bertz CT molecular complexity index is 1240. The number of rotatable bonds is 4. The van der Waals surface area contributed by atoms with E-state index in [4.69, 9.17) is 0 Å². The fraction of sp³-hybridized carbons (Fsp3) is 0.0667. The largest absolute Gasteiger partial charge is 2.00 e. The van der Waals surface area contributed by atoms with Crippen LogP contribution in [0, 0.1) is 0 Å². The summed E-state index contributed by atoms with van der Waals surface area (Å²) in [6, 6.07) is 43.3. The van der Waals surface area contributed by atoms with Crippen LogP contribution in [-0.2, 0) is 26.2 Å². The second-order valence-corrected chi connectivity index (χ2v) is 13.4. The van der Waals surface area contributed by atoms with E-state index >= 15 is 0 Å². The maximum absolute atomic E-state index is 2.40. The van der Waals surface area contributed by atoms with E-state index in [2.05, 4.69) is 132 Å². The van der Waals surface area contributed by atoms with Gasteiger partial charge in [-0.05, 0) is 27.5 Å². The van der Waals surface area contributed by atoms with Crippen molar-refractivity contribution in [3.63, 3.8) is 0 Å². The maximum atomic E-state index is 2.40. The molecule has 0 spiro atoms. The zero-order valence-electron chi connectivity index (χ0n) is 20.0. The van der Waals surface area contributed by atoms with Gasteiger partial charge in [0, 0.05) is 21.7 Å². The van der Waals surface area contributed by atoms with Gasteiger partial charge >= 0.3 is 26.2 Å². The first-order valence-electron chi connectivity index (χ1n) is 11.4. The Labute approximate surface area is 258 Å². The van der Waals surface area contributed by atoms with E-state index in [1.54, 1.807) is 10.6 Å². The minimum atomic E-state index is 0. The summed E-state index contributed by atoms with van der Waals surface area (Å²) in [4.78, 5) is 0. The molecule has 0 aliphatic carbocycles. The van der Waals surface area contributed by atoms with Crippen molar-refractivity contribution in [3.8, 4) is 0 Å². The molecule has 2 aliphatic rings. The predicted octanol–water partition coefficient (Wildman–Crippen LogP) is 2.70. The molecule has 4 aromatic rings. The molecule has 6 rings (SSSR count). The molecule has 0 nitrogen and oxygen atoms in total. The third-order valence-corrected chi connectivity index (χ3v) is 12.1. The van der Waals surface area contributed by atoms with Gasteiger partial charge < -0.3 is 24.8 Å². The van der Waals surface area contributed by atoms with Gasteiger partial charge in [0.25, 0.3) is 0 Å².